The van der Waals surface area contributed by atoms with Gasteiger partial charge in [-0.3, -0.25) is 14.8 Å². The van der Waals surface area contributed by atoms with E-state index in [1.807, 2.05) is 24.0 Å². The van der Waals surface area contributed by atoms with Crippen LogP contribution in [0.1, 0.15) is 62.5 Å². The molecule has 53 heavy (non-hydrogen) atoms. The van der Waals surface area contributed by atoms with E-state index in [4.69, 9.17) is 14.7 Å². The molecule has 0 bridgehead atoms. The van der Waals surface area contributed by atoms with Crippen LogP contribution < -0.4 is 14.5 Å². The van der Waals surface area contributed by atoms with Crippen molar-refractivity contribution < 1.29 is 22.7 Å². The number of hydrogen-bond donors (Lipinski definition) is 1. The number of aromatic nitrogens is 4. The number of H-pyrrole nitrogens is 1. The Bertz CT molecular complexity index is 2080. The Morgan fingerprint density at radius 1 is 1.02 bits per heavy atom. The van der Waals surface area contributed by atoms with E-state index in [-0.39, 0.29) is 23.0 Å². The first-order chi connectivity index (χ1) is 25.5. The summed E-state index contributed by atoms with van der Waals surface area (Å²) in [6.45, 7) is 13.1. The molecule has 0 radical (unpaired) electrons. The molecule has 1 aliphatic carbocycles. The average Bonchev–Trinajstić information content (AvgIpc) is 3.45. The van der Waals surface area contributed by atoms with Gasteiger partial charge in [0.2, 0.25) is 11.9 Å². The first-order valence-electron chi connectivity index (χ1n) is 19.2. The van der Waals surface area contributed by atoms with E-state index >= 15 is 0 Å². The largest absolute Gasteiger partial charge is 0.481 e. The first-order valence-corrected chi connectivity index (χ1v) is 19.2. The summed E-state index contributed by atoms with van der Waals surface area (Å²) in [7, 11) is 0. The molecular formula is C40H47F3N8O2. The normalized spacial score (nSPS) is 23.4. The number of amides is 1. The Kier molecular flexibility index (Phi) is 8.36. The number of aryl methyl sites for hydroxylation is 1. The van der Waals surface area contributed by atoms with Crippen LogP contribution in [0, 0.1) is 18.3 Å². The fourth-order valence-electron chi connectivity index (χ4n) is 9.42. The number of nitrogens with zero attached hydrogens (tertiary/aromatic N) is 7. The Morgan fingerprint density at radius 2 is 1.81 bits per heavy atom. The molecule has 5 fully saturated rings. The van der Waals surface area contributed by atoms with Gasteiger partial charge in [-0.05, 0) is 98.7 Å². The minimum Gasteiger partial charge on any atom is -0.481 e. The van der Waals surface area contributed by atoms with Crippen molar-refractivity contribution in [1.82, 2.24) is 30.0 Å². The average molecular weight is 729 g/mol. The third-order valence-electron chi connectivity index (χ3n) is 12.5. The second-order valence-electron chi connectivity index (χ2n) is 16.3. The summed E-state index contributed by atoms with van der Waals surface area (Å²) in [6.07, 6.45) is 4.43. The van der Waals surface area contributed by atoms with Gasteiger partial charge in [-0.15, -0.1) is 0 Å². The summed E-state index contributed by atoms with van der Waals surface area (Å²) in [4.78, 5) is 31.7. The Morgan fingerprint density at radius 3 is 2.51 bits per heavy atom. The molecular weight excluding hydrogens is 681 g/mol. The van der Waals surface area contributed by atoms with Crippen molar-refractivity contribution in [2.24, 2.45) is 11.3 Å². The van der Waals surface area contributed by atoms with Crippen molar-refractivity contribution in [1.29, 1.82) is 0 Å². The highest BCUT2D eigenvalue weighted by Gasteiger charge is 2.47. The highest BCUT2D eigenvalue weighted by atomic mass is 19.4. The molecule has 2 atom stereocenters. The predicted octanol–water partition coefficient (Wildman–Crippen LogP) is 6.84. The zero-order valence-corrected chi connectivity index (χ0v) is 30.5. The van der Waals surface area contributed by atoms with Gasteiger partial charge in [0, 0.05) is 73.6 Å². The molecule has 2 aromatic carbocycles. The van der Waals surface area contributed by atoms with Crippen molar-refractivity contribution in [3.05, 3.63) is 48.2 Å². The topological polar surface area (TPSA) is 93.7 Å². The van der Waals surface area contributed by atoms with E-state index in [1.165, 1.54) is 12.5 Å². The van der Waals surface area contributed by atoms with Crippen LogP contribution >= 0.6 is 0 Å². The zero-order valence-electron chi connectivity index (χ0n) is 30.5. The third kappa shape index (κ3) is 6.28. The van der Waals surface area contributed by atoms with E-state index in [1.54, 1.807) is 6.20 Å². The molecule has 4 aromatic rings. The number of alkyl halides is 3. The number of hydrogen-bond acceptors (Lipinski definition) is 8. The number of anilines is 2. The lowest BCUT2D eigenvalue weighted by Gasteiger charge is -2.54. The zero-order chi connectivity index (χ0) is 36.6. The number of halogens is 3. The molecule has 13 heteroatoms. The SMILES string of the molecule is C=CC(=O)N1CC2(CCN(c3nc(N4CC[C@@H](N5CC[C@H](C)C5)C4)nc4c(OCC(F)(F)F)c(-c5c(C)ccc6[nH]ncc56)c(C5CC5)cc34)CC2)C1. The molecule has 0 unspecified atom stereocenters. The molecule has 1 saturated carbocycles. The lowest BCUT2D eigenvalue weighted by Crippen LogP contribution is -2.61. The molecule has 1 spiro atoms. The Hall–Kier alpha value is -4.39. The summed E-state index contributed by atoms with van der Waals surface area (Å²) in [5, 5.41) is 8.93. The number of rotatable bonds is 8. The summed E-state index contributed by atoms with van der Waals surface area (Å²) >= 11 is 0. The van der Waals surface area contributed by atoms with Crippen molar-refractivity contribution >= 4 is 39.5 Å². The maximum absolute atomic E-state index is 14.1. The molecule has 280 valence electrons. The minimum absolute atomic E-state index is 0.0343. The van der Waals surface area contributed by atoms with Gasteiger partial charge in [0.25, 0.3) is 0 Å². The van der Waals surface area contributed by atoms with E-state index in [2.05, 4.69) is 44.5 Å². The van der Waals surface area contributed by atoms with Crippen LogP contribution in [0.3, 0.4) is 0 Å². The summed E-state index contributed by atoms with van der Waals surface area (Å²) in [5.74, 6) is 2.27. The number of piperidine rings is 1. The van der Waals surface area contributed by atoms with Gasteiger partial charge in [-0.25, -0.2) is 4.98 Å². The van der Waals surface area contributed by atoms with Crippen LogP contribution in [0.2, 0.25) is 0 Å². The van der Waals surface area contributed by atoms with Crippen LogP contribution in [0.4, 0.5) is 24.9 Å². The lowest BCUT2D eigenvalue weighted by molar-refractivity contribution is -0.153. The highest BCUT2D eigenvalue weighted by molar-refractivity contribution is 6.06. The molecule has 9 rings (SSSR count). The number of fused-ring (bicyclic) bond motifs is 2. The van der Waals surface area contributed by atoms with Crippen molar-refractivity contribution in [2.75, 3.05) is 68.8 Å². The van der Waals surface area contributed by atoms with E-state index in [9.17, 15) is 18.0 Å². The monoisotopic (exact) mass is 728 g/mol. The molecule has 1 N–H and O–H groups in total. The highest BCUT2D eigenvalue weighted by Crippen LogP contribution is 2.53. The van der Waals surface area contributed by atoms with Crippen molar-refractivity contribution in [3.8, 4) is 16.9 Å². The second-order valence-corrected chi connectivity index (χ2v) is 16.3. The predicted molar refractivity (Wildman–Crippen MR) is 200 cm³/mol. The van der Waals surface area contributed by atoms with Crippen molar-refractivity contribution in [2.45, 2.75) is 70.5 Å². The lowest BCUT2D eigenvalue weighted by atomic mass is 9.72. The molecule has 5 aliphatic rings. The molecule has 10 nitrogen and oxygen atoms in total. The van der Waals surface area contributed by atoms with Crippen LogP contribution in [0.15, 0.2) is 37.1 Å². The smallest absolute Gasteiger partial charge is 0.422 e. The standard InChI is InChI=1S/C40H47F3N8O2/c1-4-32(52)51-21-39(22-51)11-15-48(16-12-39)37-29-17-28(26-6-7-26)34(33-25(3)5-8-31-30(33)18-44-47-31)36(53-23-40(41,42)43)35(29)45-38(46-37)50-14-10-27(20-50)49-13-9-24(2)19-49/h4-5,8,17-18,24,26-27H,1,6-7,9-16,19-23H2,2-3H3,(H,44,47)/t24-,27+/m0/s1. The molecule has 4 aliphatic heterocycles. The third-order valence-corrected chi connectivity index (χ3v) is 12.5. The van der Waals surface area contributed by atoms with Gasteiger partial charge in [-0.1, -0.05) is 19.6 Å². The number of carbonyl (C=O) groups excluding carboxylic acids is 1. The van der Waals surface area contributed by atoms with Crippen LogP contribution in [0.5, 0.6) is 5.75 Å². The Balaban J connectivity index is 1.20. The van der Waals surface area contributed by atoms with Gasteiger partial charge in [-0.2, -0.15) is 23.3 Å². The molecule has 6 heterocycles. The number of carbonyl (C=O) groups is 1. The number of aromatic amines is 1. The maximum Gasteiger partial charge on any atom is 0.422 e. The summed E-state index contributed by atoms with van der Waals surface area (Å²) in [5.41, 5.74) is 4.69. The van der Waals surface area contributed by atoms with Crippen LogP contribution in [0.25, 0.3) is 32.9 Å². The first kappa shape index (κ1) is 34.4. The van der Waals surface area contributed by atoms with Gasteiger partial charge >= 0.3 is 6.18 Å². The fraction of sp³-hybridized carbons (Fsp3) is 0.550. The van der Waals surface area contributed by atoms with Crippen LogP contribution in [-0.4, -0.2) is 107 Å². The summed E-state index contributed by atoms with van der Waals surface area (Å²) < 4.78 is 48.4. The van der Waals surface area contributed by atoms with E-state index < -0.39 is 12.8 Å². The number of ether oxygens (including phenoxy) is 1. The Labute approximate surface area is 307 Å². The summed E-state index contributed by atoms with van der Waals surface area (Å²) in [6, 6.07) is 6.47. The van der Waals surface area contributed by atoms with E-state index in [0.29, 0.717) is 29.0 Å². The van der Waals surface area contributed by atoms with Gasteiger partial charge in [0.05, 0.1) is 11.7 Å². The minimum atomic E-state index is -4.55. The maximum atomic E-state index is 14.1. The molecule has 4 saturated heterocycles. The molecule has 2 aromatic heterocycles. The number of benzene rings is 2. The van der Waals surface area contributed by atoms with E-state index in [0.717, 1.165) is 123 Å². The van der Waals surface area contributed by atoms with Gasteiger partial charge in [0.15, 0.2) is 12.4 Å². The fourth-order valence-corrected chi connectivity index (χ4v) is 9.42. The van der Waals surface area contributed by atoms with Crippen molar-refractivity contribution in [3.63, 3.8) is 0 Å². The van der Waals surface area contributed by atoms with Gasteiger partial charge in [0.1, 0.15) is 11.3 Å². The van der Waals surface area contributed by atoms with Gasteiger partial charge < -0.3 is 19.4 Å². The number of likely N-dealkylation sites (tertiary alicyclic amines) is 2. The quantitative estimate of drug-likeness (QED) is 0.198. The molecule has 1 amide bonds. The van der Waals surface area contributed by atoms with Crippen LogP contribution in [-0.2, 0) is 4.79 Å². The second kappa shape index (κ2) is 12.9. The number of nitrogens with one attached hydrogen (secondary N) is 1.